The zero-order valence-corrected chi connectivity index (χ0v) is 24.5. The second-order valence-corrected chi connectivity index (χ2v) is 12.9. The molecule has 1 aromatic carbocycles. The van der Waals surface area contributed by atoms with E-state index in [1.807, 2.05) is 4.90 Å². The molecule has 10 heteroatoms. The first-order chi connectivity index (χ1) is 18.6. The van der Waals surface area contributed by atoms with Crippen LogP contribution in [-0.2, 0) is 25.5 Å². The Bertz CT molecular complexity index is 1090. The number of carbonyl (C=O) groups excluding carboxylic acids is 3. The molecule has 3 amide bonds. The van der Waals surface area contributed by atoms with Crippen LogP contribution in [0.4, 0.5) is 13.6 Å². The maximum atomic E-state index is 14.1. The Kier molecular flexibility index (Phi) is 8.78. The van der Waals surface area contributed by atoms with Crippen molar-refractivity contribution in [2.45, 2.75) is 110 Å². The summed E-state index contributed by atoms with van der Waals surface area (Å²) in [6.45, 7) is 12.2. The summed E-state index contributed by atoms with van der Waals surface area (Å²) < 4.78 is 40.5. The zero-order valence-electron chi connectivity index (χ0n) is 24.5. The van der Waals surface area contributed by atoms with Gasteiger partial charge in [0.05, 0.1) is 12.1 Å². The van der Waals surface area contributed by atoms with Crippen molar-refractivity contribution in [1.29, 1.82) is 0 Å². The summed E-state index contributed by atoms with van der Waals surface area (Å²) in [7, 11) is 0. The Morgan fingerprint density at radius 2 is 1.68 bits per heavy atom. The Labute approximate surface area is 235 Å². The van der Waals surface area contributed by atoms with Gasteiger partial charge in [-0.15, -0.1) is 0 Å². The van der Waals surface area contributed by atoms with Crippen LogP contribution in [-0.4, -0.2) is 81.8 Å². The van der Waals surface area contributed by atoms with E-state index in [0.29, 0.717) is 24.9 Å². The molecule has 0 aliphatic carbocycles. The van der Waals surface area contributed by atoms with Crippen LogP contribution in [0, 0.1) is 17.6 Å². The van der Waals surface area contributed by atoms with Gasteiger partial charge in [0.2, 0.25) is 11.8 Å². The van der Waals surface area contributed by atoms with Crippen LogP contribution in [0.3, 0.4) is 0 Å². The van der Waals surface area contributed by atoms with E-state index in [4.69, 9.17) is 9.47 Å². The van der Waals surface area contributed by atoms with E-state index in [2.05, 4.69) is 0 Å². The normalized spacial score (nSPS) is 26.8. The third-order valence-corrected chi connectivity index (χ3v) is 8.03. The van der Waals surface area contributed by atoms with Gasteiger partial charge >= 0.3 is 6.09 Å². The summed E-state index contributed by atoms with van der Waals surface area (Å²) >= 11 is 0. The lowest BCUT2D eigenvalue weighted by Crippen LogP contribution is -2.52. The predicted molar refractivity (Wildman–Crippen MR) is 145 cm³/mol. The molecule has 0 spiro atoms. The van der Waals surface area contributed by atoms with Gasteiger partial charge in [0, 0.05) is 39.0 Å². The second kappa shape index (κ2) is 11.6. The molecule has 0 radical (unpaired) electrons. The summed E-state index contributed by atoms with van der Waals surface area (Å²) in [5, 5.41) is 0. The fraction of sp³-hybridized carbons (Fsp3) is 0.700. The predicted octanol–water partition coefficient (Wildman–Crippen LogP) is 4.89. The molecule has 3 aliphatic heterocycles. The minimum Gasteiger partial charge on any atom is -0.444 e. The molecule has 3 fully saturated rings. The number of nitrogens with zero attached hydrogens (tertiary/aromatic N) is 3. The highest BCUT2D eigenvalue weighted by Gasteiger charge is 2.55. The van der Waals surface area contributed by atoms with Gasteiger partial charge in [0.1, 0.15) is 29.1 Å². The maximum Gasteiger partial charge on any atom is 0.410 e. The minimum absolute atomic E-state index is 0.0827. The summed E-state index contributed by atoms with van der Waals surface area (Å²) in [6, 6.07) is 2.22. The molecule has 0 aromatic heterocycles. The molecule has 222 valence electrons. The lowest BCUT2D eigenvalue weighted by Gasteiger charge is -2.34. The number of carbonyl (C=O) groups is 3. The van der Waals surface area contributed by atoms with Crippen molar-refractivity contribution in [1.82, 2.24) is 14.7 Å². The van der Waals surface area contributed by atoms with Crippen LogP contribution in [0.2, 0.25) is 0 Å². The van der Waals surface area contributed by atoms with Crippen molar-refractivity contribution in [3.05, 3.63) is 35.4 Å². The average Bonchev–Trinajstić information content (AvgIpc) is 3.35. The molecule has 3 heterocycles. The SMILES string of the molecule is CC(=O)N1[C@@H](Cc2cc(F)cc(F)c2)[C@@H]([C@H]2CC(CC(=O)N3CCCCC3)CN2C(=O)OC(C)(C)C)OC1(C)C. The first-order valence-electron chi connectivity index (χ1n) is 14.3. The van der Waals surface area contributed by atoms with Crippen LogP contribution >= 0.6 is 0 Å². The Hall–Kier alpha value is -2.75. The fourth-order valence-electron chi connectivity index (χ4n) is 6.61. The van der Waals surface area contributed by atoms with E-state index in [1.165, 1.54) is 19.1 Å². The Balaban J connectivity index is 1.65. The topological polar surface area (TPSA) is 79.4 Å². The number of ether oxygens (including phenoxy) is 2. The van der Waals surface area contributed by atoms with Gasteiger partial charge in [0.25, 0.3) is 0 Å². The van der Waals surface area contributed by atoms with E-state index in [1.54, 1.807) is 44.4 Å². The number of hydrogen-bond acceptors (Lipinski definition) is 5. The molecule has 4 rings (SSSR count). The summed E-state index contributed by atoms with van der Waals surface area (Å²) in [6.07, 6.45) is 2.88. The Morgan fingerprint density at radius 1 is 1.05 bits per heavy atom. The molecule has 3 aliphatic rings. The lowest BCUT2D eigenvalue weighted by molar-refractivity contribution is -0.146. The van der Waals surface area contributed by atoms with E-state index < -0.39 is 47.2 Å². The monoisotopic (exact) mass is 563 g/mol. The third-order valence-electron chi connectivity index (χ3n) is 8.03. The number of piperidine rings is 1. The van der Waals surface area contributed by atoms with Crippen LogP contribution in [0.1, 0.15) is 79.2 Å². The van der Waals surface area contributed by atoms with Gasteiger partial charge in [-0.1, -0.05) is 0 Å². The highest BCUT2D eigenvalue weighted by atomic mass is 19.1. The van der Waals surface area contributed by atoms with Crippen LogP contribution in [0.5, 0.6) is 0 Å². The number of halogens is 2. The second-order valence-electron chi connectivity index (χ2n) is 12.9. The van der Waals surface area contributed by atoms with Crippen molar-refractivity contribution < 1.29 is 32.6 Å². The molecule has 40 heavy (non-hydrogen) atoms. The van der Waals surface area contributed by atoms with Crippen LogP contribution in [0.25, 0.3) is 0 Å². The molecular formula is C30H43F2N3O5. The number of likely N-dealkylation sites (tertiary alicyclic amines) is 2. The standard InChI is InChI=1S/C30H43F2N3O5/c1-19(36)35-25(14-20-12-22(31)17-23(32)13-20)27(39-30(35,5)6)24-15-21(16-26(37)33-10-8-7-9-11-33)18-34(24)28(38)40-29(2,3)4/h12-13,17,21,24-25,27H,7-11,14-16,18H2,1-6H3/t21?,24-,25+,27-/m1/s1. The van der Waals surface area contributed by atoms with E-state index in [-0.39, 0.29) is 24.2 Å². The molecule has 1 unspecified atom stereocenters. The fourth-order valence-corrected chi connectivity index (χ4v) is 6.61. The van der Waals surface area contributed by atoms with Gasteiger partial charge in [-0.3, -0.25) is 9.59 Å². The largest absolute Gasteiger partial charge is 0.444 e. The van der Waals surface area contributed by atoms with Crippen LogP contribution in [0.15, 0.2) is 18.2 Å². The van der Waals surface area contributed by atoms with Gasteiger partial charge in [0.15, 0.2) is 0 Å². The van der Waals surface area contributed by atoms with Gasteiger partial charge < -0.3 is 24.2 Å². The maximum absolute atomic E-state index is 14.1. The number of hydrogen-bond donors (Lipinski definition) is 0. The molecule has 0 bridgehead atoms. The molecule has 0 N–H and O–H groups in total. The first-order valence-corrected chi connectivity index (χ1v) is 14.3. The minimum atomic E-state index is -1.02. The van der Waals surface area contributed by atoms with Gasteiger partial charge in [-0.25, -0.2) is 13.6 Å². The molecule has 3 saturated heterocycles. The van der Waals surface area contributed by atoms with Crippen molar-refractivity contribution in [2.75, 3.05) is 19.6 Å². The van der Waals surface area contributed by atoms with E-state index in [9.17, 15) is 23.2 Å². The smallest absolute Gasteiger partial charge is 0.410 e. The van der Waals surface area contributed by atoms with Crippen molar-refractivity contribution in [3.63, 3.8) is 0 Å². The van der Waals surface area contributed by atoms with Gasteiger partial charge in [-0.05, 0) is 90.3 Å². The third kappa shape index (κ3) is 6.93. The number of rotatable bonds is 5. The van der Waals surface area contributed by atoms with Crippen molar-refractivity contribution in [2.24, 2.45) is 5.92 Å². The van der Waals surface area contributed by atoms with Crippen molar-refractivity contribution >= 4 is 17.9 Å². The van der Waals surface area contributed by atoms with E-state index >= 15 is 0 Å². The molecule has 8 nitrogen and oxygen atoms in total. The van der Waals surface area contributed by atoms with Gasteiger partial charge in [-0.2, -0.15) is 0 Å². The molecule has 4 atom stereocenters. The molecule has 1 aromatic rings. The number of benzene rings is 1. The first kappa shape index (κ1) is 30.2. The average molecular weight is 564 g/mol. The lowest BCUT2D eigenvalue weighted by atomic mass is 9.91. The van der Waals surface area contributed by atoms with E-state index in [0.717, 1.165) is 38.4 Å². The highest BCUT2D eigenvalue weighted by Crippen LogP contribution is 2.41. The summed E-state index contributed by atoms with van der Waals surface area (Å²) in [5.74, 6) is -1.68. The Morgan fingerprint density at radius 3 is 2.25 bits per heavy atom. The van der Waals surface area contributed by atoms with Crippen LogP contribution < -0.4 is 0 Å². The molecular weight excluding hydrogens is 520 g/mol. The summed E-state index contributed by atoms with van der Waals surface area (Å²) in [4.78, 5) is 44.6. The van der Waals surface area contributed by atoms with Crippen molar-refractivity contribution in [3.8, 4) is 0 Å². The molecule has 0 saturated carbocycles. The number of amides is 3. The summed E-state index contributed by atoms with van der Waals surface area (Å²) in [5.41, 5.74) is -1.36. The highest BCUT2D eigenvalue weighted by molar-refractivity contribution is 5.77. The zero-order chi connectivity index (χ0) is 29.4. The quantitative estimate of drug-likeness (QED) is 0.510.